The largest absolute Gasteiger partial charge is 0.450 e. The number of methoxy groups -OCH3 is 1. The van der Waals surface area contributed by atoms with Gasteiger partial charge in [0.25, 0.3) is 0 Å². The third-order valence-electron chi connectivity index (χ3n) is 3.76. The van der Waals surface area contributed by atoms with Gasteiger partial charge < -0.3 is 20.1 Å². The average molecular weight is 244 g/mol. The molecule has 0 spiro atoms. The van der Waals surface area contributed by atoms with E-state index in [1.165, 1.54) is 0 Å². The number of rotatable bonds is 4. The normalized spacial score (nSPS) is 21.1. The van der Waals surface area contributed by atoms with Crippen LogP contribution >= 0.6 is 0 Å². The Morgan fingerprint density at radius 3 is 2.47 bits per heavy atom. The van der Waals surface area contributed by atoms with Crippen LogP contribution in [0.15, 0.2) is 0 Å². The highest BCUT2D eigenvalue weighted by Gasteiger charge is 2.36. The van der Waals surface area contributed by atoms with Crippen LogP contribution in [-0.4, -0.2) is 49.9 Å². The van der Waals surface area contributed by atoms with Gasteiger partial charge in [0, 0.05) is 26.7 Å². The van der Waals surface area contributed by atoms with E-state index in [-0.39, 0.29) is 11.7 Å². The van der Waals surface area contributed by atoms with Crippen molar-refractivity contribution in [1.29, 1.82) is 0 Å². The molecule has 100 valence electrons. The van der Waals surface area contributed by atoms with Crippen molar-refractivity contribution in [3.63, 3.8) is 0 Å². The number of amides is 1. The third kappa shape index (κ3) is 3.33. The zero-order valence-electron chi connectivity index (χ0n) is 11.1. The summed E-state index contributed by atoms with van der Waals surface area (Å²) in [7, 11) is 1.70. The fraction of sp³-hybridized carbons (Fsp3) is 0.917. The second-order valence-electron chi connectivity index (χ2n) is 4.68. The summed E-state index contributed by atoms with van der Waals surface area (Å²) in [4.78, 5) is 13.3. The summed E-state index contributed by atoms with van der Waals surface area (Å²) < 4.78 is 10.5. The Labute approximate surface area is 103 Å². The predicted molar refractivity (Wildman–Crippen MR) is 65.8 cm³/mol. The summed E-state index contributed by atoms with van der Waals surface area (Å²) in [6, 6.07) is 0. The second-order valence-corrected chi connectivity index (χ2v) is 4.68. The molecule has 1 aliphatic heterocycles. The topological polar surface area (TPSA) is 64.8 Å². The zero-order chi connectivity index (χ0) is 12.9. The summed E-state index contributed by atoms with van der Waals surface area (Å²) in [6.45, 7) is 6.24. The molecular weight excluding hydrogens is 220 g/mol. The van der Waals surface area contributed by atoms with Crippen molar-refractivity contribution in [2.75, 3.05) is 33.4 Å². The van der Waals surface area contributed by atoms with Gasteiger partial charge in [0.15, 0.2) is 0 Å². The molecule has 1 saturated heterocycles. The standard InChI is InChI=1S/C12H24N2O3/c1-4-17-11(15)14-7-5-10(6-8-14)12(2,9-13)16-3/h10H,4-9,13H2,1-3H3. The van der Waals surface area contributed by atoms with E-state index in [1.54, 1.807) is 12.0 Å². The number of likely N-dealkylation sites (tertiary alicyclic amines) is 1. The fourth-order valence-corrected chi connectivity index (χ4v) is 2.30. The monoisotopic (exact) mass is 244 g/mol. The Morgan fingerprint density at radius 2 is 2.06 bits per heavy atom. The van der Waals surface area contributed by atoms with Gasteiger partial charge in [-0.1, -0.05) is 0 Å². The number of ether oxygens (including phenoxy) is 2. The number of piperidine rings is 1. The smallest absolute Gasteiger partial charge is 0.409 e. The Morgan fingerprint density at radius 1 is 1.47 bits per heavy atom. The van der Waals surface area contributed by atoms with Crippen LogP contribution in [0.25, 0.3) is 0 Å². The van der Waals surface area contributed by atoms with Gasteiger partial charge in [0.1, 0.15) is 0 Å². The van der Waals surface area contributed by atoms with E-state index >= 15 is 0 Å². The molecule has 1 unspecified atom stereocenters. The van der Waals surface area contributed by atoms with Crippen LogP contribution < -0.4 is 5.73 Å². The molecule has 1 aliphatic rings. The van der Waals surface area contributed by atoms with Crippen molar-refractivity contribution < 1.29 is 14.3 Å². The minimum atomic E-state index is -0.277. The van der Waals surface area contributed by atoms with Gasteiger partial charge in [0.2, 0.25) is 0 Å². The second kappa shape index (κ2) is 6.21. The minimum absolute atomic E-state index is 0.210. The van der Waals surface area contributed by atoms with Gasteiger partial charge in [-0.3, -0.25) is 0 Å². The van der Waals surface area contributed by atoms with Gasteiger partial charge >= 0.3 is 6.09 Å². The summed E-state index contributed by atoms with van der Waals surface area (Å²) in [5.41, 5.74) is 5.48. The lowest BCUT2D eigenvalue weighted by Crippen LogP contribution is -2.50. The molecule has 1 rings (SSSR count). The molecule has 1 amide bonds. The van der Waals surface area contributed by atoms with E-state index in [0.717, 1.165) is 25.9 Å². The van der Waals surface area contributed by atoms with Gasteiger partial charge in [-0.05, 0) is 32.6 Å². The zero-order valence-corrected chi connectivity index (χ0v) is 11.1. The van der Waals surface area contributed by atoms with Gasteiger partial charge in [0.05, 0.1) is 12.2 Å². The van der Waals surface area contributed by atoms with Crippen LogP contribution in [0.1, 0.15) is 26.7 Å². The molecule has 5 nitrogen and oxygen atoms in total. The first kappa shape index (κ1) is 14.3. The quantitative estimate of drug-likeness (QED) is 0.807. The molecule has 0 saturated carbocycles. The van der Waals surface area contributed by atoms with Crippen LogP contribution in [0.2, 0.25) is 0 Å². The molecule has 0 aromatic heterocycles. The molecular formula is C12H24N2O3. The number of carbonyl (C=O) groups excluding carboxylic acids is 1. The maximum atomic E-state index is 11.5. The van der Waals surface area contributed by atoms with Crippen LogP contribution in [0, 0.1) is 5.92 Å². The Kier molecular flexibility index (Phi) is 5.21. The number of nitrogens with two attached hydrogens (primary N) is 1. The number of carbonyl (C=O) groups is 1. The molecule has 0 radical (unpaired) electrons. The van der Waals surface area contributed by atoms with E-state index in [4.69, 9.17) is 15.2 Å². The Balaban J connectivity index is 2.48. The van der Waals surface area contributed by atoms with E-state index in [2.05, 4.69) is 0 Å². The molecule has 0 aromatic rings. The first-order chi connectivity index (χ1) is 8.07. The van der Waals surface area contributed by atoms with Crippen LogP contribution in [0.5, 0.6) is 0 Å². The SMILES string of the molecule is CCOC(=O)N1CCC(C(C)(CN)OC)CC1. The van der Waals surface area contributed by atoms with E-state index in [1.807, 2.05) is 13.8 Å². The minimum Gasteiger partial charge on any atom is -0.450 e. The highest BCUT2D eigenvalue weighted by molar-refractivity contribution is 5.67. The van der Waals surface area contributed by atoms with Crippen LogP contribution in [0.4, 0.5) is 4.79 Å². The number of hydrogen-bond donors (Lipinski definition) is 1. The van der Waals surface area contributed by atoms with Crippen molar-refractivity contribution in [2.45, 2.75) is 32.3 Å². The van der Waals surface area contributed by atoms with Crippen molar-refractivity contribution in [3.05, 3.63) is 0 Å². The fourth-order valence-electron chi connectivity index (χ4n) is 2.30. The van der Waals surface area contributed by atoms with E-state index in [9.17, 15) is 4.79 Å². The van der Waals surface area contributed by atoms with Gasteiger partial charge in [-0.15, -0.1) is 0 Å². The molecule has 2 N–H and O–H groups in total. The van der Waals surface area contributed by atoms with Crippen molar-refractivity contribution >= 4 is 6.09 Å². The van der Waals surface area contributed by atoms with Crippen molar-refractivity contribution in [3.8, 4) is 0 Å². The summed E-state index contributed by atoms with van der Waals surface area (Å²) in [6.07, 6.45) is 1.62. The lowest BCUT2D eigenvalue weighted by Gasteiger charge is -2.40. The summed E-state index contributed by atoms with van der Waals surface area (Å²) >= 11 is 0. The van der Waals surface area contributed by atoms with Gasteiger partial charge in [-0.25, -0.2) is 4.79 Å². The Bertz CT molecular complexity index is 246. The summed E-state index contributed by atoms with van der Waals surface area (Å²) in [5.74, 6) is 0.406. The van der Waals surface area contributed by atoms with Gasteiger partial charge in [-0.2, -0.15) is 0 Å². The average Bonchev–Trinajstić information content (AvgIpc) is 2.38. The molecule has 1 fully saturated rings. The van der Waals surface area contributed by atoms with Crippen molar-refractivity contribution in [2.24, 2.45) is 11.7 Å². The third-order valence-corrected chi connectivity index (χ3v) is 3.76. The van der Waals surface area contributed by atoms with E-state index < -0.39 is 0 Å². The van der Waals surface area contributed by atoms with Crippen molar-refractivity contribution in [1.82, 2.24) is 4.90 Å². The van der Waals surface area contributed by atoms with Crippen LogP contribution in [0.3, 0.4) is 0 Å². The number of hydrogen-bond acceptors (Lipinski definition) is 4. The highest BCUT2D eigenvalue weighted by atomic mass is 16.6. The maximum absolute atomic E-state index is 11.5. The first-order valence-electron chi connectivity index (χ1n) is 6.24. The maximum Gasteiger partial charge on any atom is 0.409 e. The molecule has 0 aromatic carbocycles. The lowest BCUT2D eigenvalue weighted by atomic mass is 9.81. The highest BCUT2D eigenvalue weighted by Crippen LogP contribution is 2.30. The molecule has 0 aliphatic carbocycles. The van der Waals surface area contributed by atoms with E-state index in [0.29, 0.717) is 19.1 Å². The molecule has 1 atom stereocenters. The van der Waals surface area contributed by atoms with Crippen LogP contribution in [-0.2, 0) is 9.47 Å². The Hall–Kier alpha value is -0.810. The summed E-state index contributed by atoms with van der Waals surface area (Å²) in [5, 5.41) is 0. The predicted octanol–water partition coefficient (Wildman–Crippen LogP) is 1.22. The molecule has 5 heteroatoms. The molecule has 0 bridgehead atoms. The molecule has 1 heterocycles. The first-order valence-corrected chi connectivity index (χ1v) is 6.24. The lowest BCUT2D eigenvalue weighted by molar-refractivity contribution is -0.0547. The molecule has 17 heavy (non-hydrogen) atoms. The number of nitrogens with zero attached hydrogens (tertiary/aromatic N) is 1.